The first-order valence-electron chi connectivity index (χ1n) is 13.0. The third kappa shape index (κ3) is 6.35. The largest absolute Gasteiger partial charge is 0.633 e. The molecule has 0 saturated carbocycles. The van der Waals surface area contributed by atoms with Gasteiger partial charge in [0.05, 0.1) is 73.9 Å². The first kappa shape index (κ1) is 32.0. The van der Waals surface area contributed by atoms with Gasteiger partial charge in [0.15, 0.2) is 0 Å². The number of ether oxygens (including phenoxy) is 3. The number of hydrogen-bond acceptors (Lipinski definition) is 9. The number of rotatable bonds is 8. The molecule has 12 nitrogen and oxygen atoms in total. The summed E-state index contributed by atoms with van der Waals surface area (Å²) < 4.78 is 28.9. The smallest absolute Gasteiger partial charge is 0.410 e. The molecular formula is C27H33Cl2N5O7S. The average molecular weight is 643 g/mol. The van der Waals surface area contributed by atoms with E-state index in [2.05, 4.69) is 9.97 Å². The number of hydroxylamine groups is 3. The van der Waals surface area contributed by atoms with Crippen LogP contribution in [0.5, 0.6) is 11.5 Å². The number of methoxy groups -OCH3 is 2. The summed E-state index contributed by atoms with van der Waals surface area (Å²) >= 11 is 13.3. The molecule has 3 heterocycles. The highest BCUT2D eigenvalue weighted by molar-refractivity contribution is 7.84. The van der Waals surface area contributed by atoms with Crippen LogP contribution >= 0.6 is 23.2 Å². The molecule has 0 bridgehead atoms. The van der Waals surface area contributed by atoms with Crippen molar-refractivity contribution >= 4 is 51.1 Å². The minimum atomic E-state index is -1.52. The number of halogens is 2. The van der Waals surface area contributed by atoms with Crippen molar-refractivity contribution in [3.63, 3.8) is 0 Å². The summed E-state index contributed by atoms with van der Waals surface area (Å²) in [5.74, 6) is 0.491. The number of likely N-dealkylation sites (tertiary alicyclic amines) is 1. The van der Waals surface area contributed by atoms with Crippen LogP contribution in [-0.2, 0) is 22.1 Å². The molecular weight excluding hydrogens is 609 g/mol. The molecule has 1 fully saturated rings. The number of quaternary nitrogens is 1. The Balaban J connectivity index is 1.75. The Labute approximate surface area is 255 Å². The van der Waals surface area contributed by atoms with E-state index < -0.39 is 38.7 Å². The summed E-state index contributed by atoms with van der Waals surface area (Å²) in [6, 6.07) is 2.64. The molecule has 228 valence electrons. The van der Waals surface area contributed by atoms with E-state index in [-0.39, 0.29) is 69.7 Å². The molecule has 0 spiro atoms. The third-order valence-corrected chi connectivity index (χ3v) is 8.42. The highest BCUT2D eigenvalue weighted by Crippen LogP contribution is 2.45. The van der Waals surface area contributed by atoms with Crippen molar-refractivity contribution in [2.45, 2.75) is 44.1 Å². The SMILES string of the molecule is COc1cc(OC)c(Cl)c(-c2cc3cnc(S(C)=O)nc3n(CC[N+](C)([O-])C3CN(C(=O)OC(C)(C)C)C3)c2=O)c1Cl. The van der Waals surface area contributed by atoms with Crippen molar-refractivity contribution < 1.29 is 27.9 Å². The van der Waals surface area contributed by atoms with Gasteiger partial charge in [-0.15, -0.1) is 0 Å². The first-order valence-corrected chi connectivity index (χ1v) is 15.3. The minimum absolute atomic E-state index is 0.0251. The predicted molar refractivity (Wildman–Crippen MR) is 161 cm³/mol. The molecule has 1 aromatic carbocycles. The highest BCUT2D eigenvalue weighted by atomic mass is 35.5. The number of likely N-dealkylation sites (N-methyl/N-ethyl adjacent to an activating group) is 1. The van der Waals surface area contributed by atoms with Gasteiger partial charge in [-0.1, -0.05) is 23.2 Å². The lowest BCUT2D eigenvalue weighted by molar-refractivity contribution is -0.892. The fraction of sp³-hybridized carbons (Fsp3) is 0.481. The number of pyridine rings is 1. The number of benzene rings is 1. The van der Waals surface area contributed by atoms with Crippen molar-refractivity contribution in [3.8, 4) is 22.6 Å². The van der Waals surface area contributed by atoms with E-state index in [1.165, 1.54) is 49.3 Å². The summed E-state index contributed by atoms with van der Waals surface area (Å²) in [6.07, 6.45) is 2.40. The minimum Gasteiger partial charge on any atom is -0.633 e. The van der Waals surface area contributed by atoms with E-state index in [1.807, 2.05) is 0 Å². The number of hydrogen-bond donors (Lipinski definition) is 0. The topological polar surface area (TPSA) is 136 Å². The van der Waals surface area contributed by atoms with Gasteiger partial charge < -0.3 is 24.1 Å². The first-order chi connectivity index (χ1) is 19.6. The van der Waals surface area contributed by atoms with Crippen molar-refractivity contribution in [2.75, 3.05) is 47.2 Å². The quantitative estimate of drug-likeness (QED) is 0.202. The number of carbonyl (C=O) groups excluding carboxylic acids is 1. The normalized spacial score (nSPS) is 16.1. The summed E-state index contributed by atoms with van der Waals surface area (Å²) in [5.41, 5.74) is -0.674. The monoisotopic (exact) mass is 641 g/mol. The van der Waals surface area contributed by atoms with Gasteiger partial charge in [0.25, 0.3) is 5.56 Å². The Kier molecular flexibility index (Phi) is 9.10. The van der Waals surface area contributed by atoms with E-state index in [4.69, 9.17) is 37.4 Å². The number of amides is 1. The zero-order valence-corrected chi connectivity index (χ0v) is 26.7. The zero-order chi connectivity index (χ0) is 31.1. The van der Waals surface area contributed by atoms with Crippen LogP contribution in [0.4, 0.5) is 4.79 Å². The summed E-state index contributed by atoms with van der Waals surface area (Å²) in [4.78, 5) is 36.5. The van der Waals surface area contributed by atoms with Crippen molar-refractivity contribution in [2.24, 2.45) is 0 Å². The molecule has 15 heteroatoms. The fourth-order valence-corrected chi connectivity index (χ4v) is 5.67. The maximum Gasteiger partial charge on any atom is 0.410 e. The third-order valence-electron chi connectivity index (χ3n) is 6.96. The fourth-order valence-electron chi connectivity index (χ4n) is 4.55. The van der Waals surface area contributed by atoms with Crippen LogP contribution in [0.1, 0.15) is 20.8 Å². The maximum absolute atomic E-state index is 14.1. The van der Waals surface area contributed by atoms with Crippen molar-refractivity contribution in [1.82, 2.24) is 19.4 Å². The van der Waals surface area contributed by atoms with Crippen LogP contribution in [0, 0.1) is 5.21 Å². The highest BCUT2D eigenvalue weighted by Gasteiger charge is 2.41. The standard InChI is InChI=1S/C27H33Cl2N5O7S/c1-27(2,3)41-26(36)32-13-16(14-32)34(4,37)9-8-33-23-15(12-30-25(31-23)42(7)38)10-17(24(33)35)20-21(28)18(39-5)11-19(40-6)22(20)29/h10-12,16H,8-9,13-14H2,1-7H3. The van der Waals surface area contributed by atoms with Crippen LogP contribution in [0.2, 0.25) is 10.0 Å². The second-order valence-corrected chi connectivity index (χ2v) is 13.2. The van der Waals surface area contributed by atoms with Gasteiger partial charge in [-0.2, -0.15) is 0 Å². The molecule has 1 amide bonds. The Morgan fingerprint density at radius 1 is 1.17 bits per heavy atom. The van der Waals surface area contributed by atoms with Crippen LogP contribution < -0.4 is 15.0 Å². The lowest BCUT2D eigenvalue weighted by atomic mass is 10.0. The summed E-state index contributed by atoms with van der Waals surface area (Å²) in [5, 5.41) is 14.3. The van der Waals surface area contributed by atoms with E-state index in [9.17, 15) is 19.0 Å². The zero-order valence-electron chi connectivity index (χ0n) is 24.4. The Morgan fingerprint density at radius 3 is 2.29 bits per heavy atom. The molecule has 0 radical (unpaired) electrons. The van der Waals surface area contributed by atoms with Gasteiger partial charge >= 0.3 is 6.09 Å². The van der Waals surface area contributed by atoms with Crippen LogP contribution in [0.15, 0.2) is 28.3 Å². The Bertz CT molecular complexity index is 1590. The molecule has 1 saturated heterocycles. The average Bonchev–Trinajstić information content (AvgIpc) is 2.86. The second-order valence-electron chi connectivity index (χ2n) is 11.1. The van der Waals surface area contributed by atoms with Crippen LogP contribution in [-0.4, -0.2) is 93.2 Å². The molecule has 2 aromatic heterocycles. The molecule has 2 atom stereocenters. The van der Waals surface area contributed by atoms with E-state index in [0.29, 0.717) is 5.39 Å². The molecule has 3 aromatic rings. The van der Waals surface area contributed by atoms with E-state index >= 15 is 0 Å². The van der Waals surface area contributed by atoms with Gasteiger partial charge in [-0.25, -0.2) is 14.8 Å². The van der Waals surface area contributed by atoms with E-state index in [0.717, 1.165) is 0 Å². The molecule has 0 aliphatic carbocycles. The number of fused-ring (bicyclic) bond motifs is 1. The Morgan fingerprint density at radius 2 is 1.76 bits per heavy atom. The molecule has 1 aliphatic heterocycles. The van der Waals surface area contributed by atoms with Crippen molar-refractivity contribution in [3.05, 3.63) is 43.9 Å². The molecule has 4 rings (SSSR count). The van der Waals surface area contributed by atoms with Gasteiger partial charge in [0.1, 0.15) is 28.8 Å². The number of carbonyl (C=O) groups is 1. The van der Waals surface area contributed by atoms with Gasteiger partial charge in [-0.05, 0) is 26.8 Å². The Hall–Kier alpha value is -2.97. The second kappa shape index (κ2) is 12.0. The molecule has 42 heavy (non-hydrogen) atoms. The number of nitrogens with zero attached hydrogens (tertiary/aromatic N) is 5. The van der Waals surface area contributed by atoms with Crippen LogP contribution in [0.25, 0.3) is 22.2 Å². The van der Waals surface area contributed by atoms with Crippen molar-refractivity contribution in [1.29, 1.82) is 0 Å². The molecule has 0 N–H and O–H groups in total. The number of aromatic nitrogens is 3. The predicted octanol–water partition coefficient (Wildman–Crippen LogP) is 4.08. The van der Waals surface area contributed by atoms with Gasteiger partial charge in [0.2, 0.25) is 5.16 Å². The molecule has 1 aliphatic rings. The van der Waals surface area contributed by atoms with Gasteiger partial charge in [-0.3, -0.25) is 18.5 Å². The lowest BCUT2D eigenvalue weighted by Crippen LogP contribution is -2.67. The van der Waals surface area contributed by atoms with Gasteiger partial charge in [0, 0.05) is 29.5 Å². The van der Waals surface area contributed by atoms with E-state index in [1.54, 1.807) is 26.8 Å². The summed E-state index contributed by atoms with van der Waals surface area (Å²) in [7, 11) is 2.83. The lowest BCUT2D eigenvalue weighted by Gasteiger charge is -2.53. The molecule has 2 unspecified atom stereocenters. The summed E-state index contributed by atoms with van der Waals surface area (Å²) in [6.45, 7) is 5.70. The van der Waals surface area contributed by atoms with Crippen LogP contribution in [0.3, 0.4) is 0 Å². The maximum atomic E-state index is 14.1.